The van der Waals surface area contributed by atoms with Gasteiger partial charge in [0.1, 0.15) is 18.4 Å². The molecule has 1 amide bonds. The highest BCUT2D eigenvalue weighted by Gasteiger charge is 2.14. The summed E-state index contributed by atoms with van der Waals surface area (Å²) in [6, 6.07) is 15.0. The van der Waals surface area contributed by atoms with Crippen LogP contribution >= 0.6 is 11.6 Å². The van der Waals surface area contributed by atoms with Gasteiger partial charge in [0, 0.05) is 5.02 Å². The van der Waals surface area contributed by atoms with Crippen LogP contribution in [0.25, 0.3) is 5.69 Å². The van der Waals surface area contributed by atoms with Gasteiger partial charge in [-0.05, 0) is 30.2 Å². The number of nitrogens with one attached hydrogen (secondary N) is 1. The number of nitrogens with zero attached hydrogens (tertiary/aromatic N) is 3. The molecule has 3 aromatic rings. The highest BCUT2D eigenvalue weighted by atomic mass is 35.5. The number of amides is 1. The van der Waals surface area contributed by atoms with Crippen LogP contribution in [0, 0.1) is 0 Å². The van der Waals surface area contributed by atoms with E-state index in [9.17, 15) is 4.79 Å². The van der Waals surface area contributed by atoms with Crippen molar-refractivity contribution in [2.45, 2.75) is 19.4 Å². The van der Waals surface area contributed by atoms with Crippen LogP contribution in [-0.4, -0.2) is 27.3 Å². The van der Waals surface area contributed by atoms with Crippen LogP contribution in [0.3, 0.4) is 0 Å². The third kappa shape index (κ3) is 4.40. The highest BCUT2D eigenvalue weighted by Crippen LogP contribution is 2.26. The lowest BCUT2D eigenvalue weighted by Gasteiger charge is -2.18. The number of benzene rings is 2. The first kappa shape index (κ1) is 17.9. The lowest BCUT2D eigenvalue weighted by atomic mass is 10.0. The van der Waals surface area contributed by atoms with Crippen LogP contribution in [-0.2, 0) is 4.79 Å². The maximum atomic E-state index is 12.3. The zero-order valence-corrected chi connectivity index (χ0v) is 15.1. The van der Waals surface area contributed by atoms with E-state index >= 15 is 0 Å². The number of hydrogen-bond donors (Lipinski definition) is 1. The van der Waals surface area contributed by atoms with Gasteiger partial charge in [0.05, 0.1) is 11.7 Å². The summed E-state index contributed by atoms with van der Waals surface area (Å²) >= 11 is 6.06. The fourth-order valence-electron chi connectivity index (χ4n) is 2.63. The summed E-state index contributed by atoms with van der Waals surface area (Å²) in [4.78, 5) is 12.3. The van der Waals surface area contributed by atoms with Gasteiger partial charge in [0.15, 0.2) is 6.61 Å². The minimum absolute atomic E-state index is 0.0464. The number of halogens is 1. The zero-order valence-electron chi connectivity index (χ0n) is 14.3. The summed E-state index contributed by atoms with van der Waals surface area (Å²) in [6.45, 7) is 1.93. The largest absolute Gasteiger partial charge is 0.482 e. The van der Waals surface area contributed by atoms with Crippen molar-refractivity contribution in [2.24, 2.45) is 0 Å². The SMILES string of the molecule is CC[C@H](NC(=O)COc1ccc(Cl)cc1-n1cnnc1)c1ccccc1. The number of carbonyl (C=O) groups is 1. The molecule has 0 fully saturated rings. The third-order valence-corrected chi connectivity index (χ3v) is 4.16. The summed E-state index contributed by atoms with van der Waals surface area (Å²) in [5, 5.41) is 11.1. The average molecular weight is 371 g/mol. The minimum atomic E-state index is -0.189. The predicted molar refractivity (Wildman–Crippen MR) is 99.5 cm³/mol. The molecule has 26 heavy (non-hydrogen) atoms. The molecule has 0 aliphatic carbocycles. The van der Waals surface area contributed by atoms with E-state index in [1.54, 1.807) is 35.4 Å². The molecular formula is C19H19ClN4O2. The van der Waals surface area contributed by atoms with Gasteiger partial charge in [0.25, 0.3) is 5.91 Å². The molecule has 0 unspecified atom stereocenters. The molecule has 6 nitrogen and oxygen atoms in total. The van der Waals surface area contributed by atoms with E-state index in [1.807, 2.05) is 37.3 Å². The van der Waals surface area contributed by atoms with Crippen molar-refractivity contribution in [3.05, 3.63) is 71.8 Å². The van der Waals surface area contributed by atoms with E-state index in [1.165, 1.54) is 0 Å². The van der Waals surface area contributed by atoms with E-state index in [4.69, 9.17) is 16.3 Å². The maximum absolute atomic E-state index is 12.3. The average Bonchev–Trinajstić information content (AvgIpc) is 3.20. The lowest BCUT2D eigenvalue weighted by Crippen LogP contribution is -2.32. The summed E-state index contributed by atoms with van der Waals surface area (Å²) in [6.07, 6.45) is 3.88. The monoisotopic (exact) mass is 370 g/mol. The Morgan fingerprint density at radius 1 is 1.19 bits per heavy atom. The molecule has 3 rings (SSSR count). The van der Waals surface area contributed by atoms with Gasteiger partial charge in [-0.25, -0.2) is 0 Å². The second-order valence-electron chi connectivity index (χ2n) is 5.71. The Labute approximate surface area is 156 Å². The maximum Gasteiger partial charge on any atom is 0.258 e. The Bertz CT molecular complexity index is 853. The molecule has 134 valence electrons. The van der Waals surface area contributed by atoms with E-state index in [0.29, 0.717) is 16.5 Å². The number of rotatable bonds is 7. The molecule has 0 bridgehead atoms. The standard InChI is InChI=1S/C19H19ClN4O2/c1-2-16(14-6-4-3-5-7-14)23-19(25)11-26-18-9-8-15(20)10-17(18)24-12-21-22-13-24/h3-10,12-13,16H,2,11H2,1H3,(H,23,25)/t16-/m0/s1. The van der Waals surface area contributed by atoms with E-state index in [0.717, 1.165) is 12.0 Å². The molecule has 2 aromatic carbocycles. The first-order valence-electron chi connectivity index (χ1n) is 8.29. The van der Waals surface area contributed by atoms with E-state index < -0.39 is 0 Å². The second kappa shape index (κ2) is 8.49. The van der Waals surface area contributed by atoms with E-state index in [-0.39, 0.29) is 18.6 Å². The Morgan fingerprint density at radius 2 is 1.92 bits per heavy atom. The zero-order chi connectivity index (χ0) is 18.4. The number of carbonyl (C=O) groups excluding carboxylic acids is 1. The van der Waals surface area contributed by atoms with Gasteiger partial charge in [0.2, 0.25) is 0 Å². The van der Waals surface area contributed by atoms with Crippen LogP contribution in [0.5, 0.6) is 5.75 Å². The lowest BCUT2D eigenvalue weighted by molar-refractivity contribution is -0.123. The molecular weight excluding hydrogens is 352 g/mol. The quantitative estimate of drug-likeness (QED) is 0.690. The third-order valence-electron chi connectivity index (χ3n) is 3.92. The molecule has 1 atom stereocenters. The van der Waals surface area contributed by atoms with Gasteiger partial charge in [-0.15, -0.1) is 10.2 Å². The van der Waals surface area contributed by atoms with Gasteiger partial charge < -0.3 is 10.1 Å². The van der Waals surface area contributed by atoms with Crippen LogP contribution in [0.1, 0.15) is 24.9 Å². The van der Waals surface area contributed by atoms with E-state index in [2.05, 4.69) is 15.5 Å². The van der Waals surface area contributed by atoms with Crippen LogP contribution in [0.4, 0.5) is 0 Å². The number of aromatic nitrogens is 3. The van der Waals surface area contributed by atoms with Crippen molar-refractivity contribution in [3.8, 4) is 11.4 Å². The topological polar surface area (TPSA) is 69.0 Å². The first-order valence-corrected chi connectivity index (χ1v) is 8.67. The van der Waals surface area contributed by atoms with Crippen LogP contribution < -0.4 is 10.1 Å². The number of ether oxygens (including phenoxy) is 1. The van der Waals surface area contributed by atoms with Crippen molar-refractivity contribution >= 4 is 17.5 Å². The summed E-state index contributed by atoms with van der Waals surface area (Å²) in [7, 11) is 0. The Kier molecular flexibility index (Phi) is 5.86. The van der Waals surface area contributed by atoms with Gasteiger partial charge >= 0.3 is 0 Å². The molecule has 0 spiro atoms. The molecule has 1 aromatic heterocycles. The molecule has 0 aliphatic rings. The summed E-state index contributed by atoms with van der Waals surface area (Å²) in [5.41, 5.74) is 1.74. The number of hydrogen-bond acceptors (Lipinski definition) is 4. The predicted octanol–water partition coefficient (Wildman–Crippen LogP) is 3.57. The van der Waals surface area contributed by atoms with Crippen molar-refractivity contribution in [1.82, 2.24) is 20.1 Å². The normalized spacial score (nSPS) is 11.8. The smallest absolute Gasteiger partial charge is 0.258 e. The Balaban J connectivity index is 1.66. The Morgan fingerprint density at radius 3 is 2.62 bits per heavy atom. The summed E-state index contributed by atoms with van der Waals surface area (Å²) in [5.74, 6) is 0.336. The van der Waals surface area contributed by atoms with Crippen LogP contribution in [0.2, 0.25) is 5.02 Å². The van der Waals surface area contributed by atoms with Gasteiger partial charge in [-0.2, -0.15) is 0 Å². The Hall–Kier alpha value is -2.86. The molecule has 7 heteroatoms. The molecule has 0 radical (unpaired) electrons. The highest BCUT2D eigenvalue weighted by molar-refractivity contribution is 6.30. The molecule has 0 aliphatic heterocycles. The van der Waals surface area contributed by atoms with Crippen LogP contribution in [0.15, 0.2) is 61.2 Å². The molecule has 0 saturated carbocycles. The van der Waals surface area contributed by atoms with Crippen molar-refractivity contribution in [3.63, 3.8) is 0 Å². The molecule has 1 heterocycles. The second-order valence-corrected chi connectivity index (χ2v) is 6.15. The minimum Gasteiger partial charge on any atom is -0.482 e. The molecule has 0 saturated heterocycles. The van der Waals surface area contributed by atoms with Crippen molar-refractivity contribution in [2.75, 3.05) is 6.61 Å². The summed E-state index contributed by atoms with van der Waals surface area (Å²) < 4.78 is 7.39. The fourth-order valence-corrected chi connectivity index (χ4v) is 2.79. The molecule has 1 N–H and O–H groups in total. The van der Waals surface area contributed by atoms with Crippen molar-refractivity contribution < 1.29 is 9.53 Å². The van der Waals surface area contributed by atoms with Crippen molar-refractivity contribution in [1.29, 1.82) is 0 Å². The fraction of sp³-hybridized carbons (Fsp3) is 0.211. The van der Waals surface area contributed by atoms with Gasteiger partial charge in [-0.1, -0.05) is 48.9 Å². The first-order chi connectivity index (χ1) is 12.7. The van der Waals surface area contributed by atoms with Gasteiger partial charge in [-0.3, -0.25) is 9.36 Å².